The average Bonchev–Trinajstić information content (AvgIpc) is 1.99. The van der Waals surface area contributed by atoms with E-state index in [0.717, 1.165) is 0 Å². The Morgan fingerprint density at radius 2 is 1.93 bits per heavy atom. The first-order valence-corrected chi connectivity index (χ1v) is 6.17. The smallest absolute Gasteiger partial charge is 0.327 e. The molecule has 0 aromatic rings. The number of nitrogens with one attached hydrogen (secondary N) is 1. The summed E-state index contributed by atoms with van der Waals surface area (Å²) in [6.07, 6.45) is 2.15. The van der Waals surface area contributed by atoms with E-state index in [9.17, 15) is 9.59 Å². The lowest BCUT2D eigenvalue weighted by atomic mass is 9.92. The fourth-order valence-corrected chi connectivity index (χ4v) is 1.63. The van der Waals surface area contributed by atoms with Gasteiger partial charge in [0.2, 0.25) is 5.91 Å². The molecule has 0 aliphatic carbocycles. The maximum absolute atomic E-state index is 11.5. The highest BCUT2D eigenvalue weighted by molar-refractivity contribution is 7.98. The predicted molar refractivity (Wildman–Crippen MR) is 62.0 cm³/mol. The first-order valence-electron chi connectivity index (χ1n) is 4.77. The number of carbonyl (C=O) groups excluding carboxylic acids is 1. The van der Waals surface area contributed by atoms with Crippen molar-refractivity contribution in [3.8, 4) is 0 Å². The van der Waals surface area contributed by atoms with Crippen LogP contribution in [0.5, 0.6) is 0 Å². The normalized spacial score (nSPS) is 13.3. The van der Waals surface area contributed by atoms with Gasteiger partial charge in [-0.1, -0.05) is 20.8 Å². The molecular weight excluding hydrogens is 214 g/mol. The van der Waals surface area contributed by atoms with E-state index >= 15 is 0 Å². The van der Waals surface area contributed by atoms with Crippen LogP contribution in [0.4, 0.5) is 0 Å². The number of rotatable bonds is 5. The molecule has 0 heterocycles. The fraction of sp³-hybridized carbons (Fsp3) is 0.800. The lowest BCUT2D eigenvalue weighted by molar-refractivity contribution is -0.141. The number of carboxylic acid groups (broad SMARTS) is 1. The molecule has 0 aromatic heterocycles. The highest BCUT2D eigenvalue weighted by atomic mass is 32.2. The molecule has 5 heteroatoms. The molecule has 0 radical (unpaired) electrons. The topological polar surface area (TPSA) is 66.4 Å². The first-order chi connectivity index (χ1) is 6.76. The molecule has 0 aliphatic heterocycles. The second kappa shape index (κ2) is 6.00. The summed E-state index contributed by atoms with van der Waals surface area (Å²) in [4.78, 5) is 22.2. The average molecular weight is 233 g/mol. The van der Waals surface area contributed by atoms with Crippen molar-refractivity contribution >= 4 is 23.6 Å². The molecule has 1 atom stereocenters. The Morgan fingerprint density at radius 3 is 2.27 bits per heavy atom. The number of carbonyl (C=O) groups is 2. The van der Waals surface area contributed by atoms with E-state index in [-0.39, 0.29) is 11.3 Å². The maximum Gasteiger partial charge on any atom is 0.327 e. The third kappa shape index (κ3) is 7.25. The molecule has 0 saturated heterocycles. The van der Waals surface area contributed by atoms with Gasteiger partial charge in [0.05, 0.1) is 0 Å². The van der Waals surface area contributed by atoms with E-state index in [1.54, 1.807) is 0 Å². The van der Waals surface area contributed by atoms with Gasteiger partial charge >= 0.3 is 5.97 Å². The Morgan fingerprint density at radius 1 is 1.40 bits per heavy atom. The van der Waals surface area contributed by atoms with Gasteiger partial charge in [-0.25, -0.2) is 4.79 Å². The molecular formula is C10H19NO3S. The standard InChI is InChI=1S/C10H19NO3S/c1-10(2,3)5-8(12)11-7(6-15-4)9(13)14/h7H,5-6H2,1-4H3,(H,11,12)(H,13,14). The van der Waals surface area contributed by atoms with Crippen molar-refractivity contribution in [2.45, 2.75) is 33.2 Å². The Labute approximate surface area is 94.8 Å². The highest BCUT2D eigenvalue weighted by Gasteiger charge is 2.22. The second-order valence-electron chi connectivity index (χ2n) is 4.65. The quantitative estimate of drug-likeness (QED) is 0.752. The maximum atomic E-state index is 11.5. The lowest BCUT2D eigenvalue weighted by Crippen LogP contribution is -2.43. The highest BCUT2D eigenvalue weighted by Crippen LogP contribution is 2.18. The molecule has 4 nitrogen and oxygen atoms in total. The fourth-order valence-electron chi connectivity index (χ4n) is 1.07. The number of thioether (sulfide) groups is 1. The van der Waals surface area contributed by atoms with Gasteiger partial charge in [-0.05, 0) is 11.7 Å². The van der Waals surface area contributed by atoms with Crippen LogP contribution in [-0.4, -0.2) is 35.0 Å². The van der Waals surface area contributed by atoms with Gasteiger partial charge in [0.15, 0.2) is 0 Å². The van der Waals surface area contributed by atoms with E-state index in [4.69, 9.17) is 5.11 Å². The van der Waals surface area contributed by atoms with Crippen LogP contribution in [-0.2, 0) is 9.59 Å². The zero-order chi connectivity index (χ0) is 12.1. The van der Waals surface area contributed by atoms with Crippen molar-refractivity contribution in [1.29, 1.82) is 0 Å². The number of aliphatic carboxylic acids is 1. The zero-order valence-corrected chi connectivity index (χ0v) is 10.5. The van der Waals surface area contributed by atoms with Crippen LogP contribution in [0.1, 0.15) is 27.2 Å². The van der Waals surface area contributed by atoms with Gasteiger partial charge in [0.25, 0.3) is 0 Å². The van der Waals surface area contributed by atoms with Crippen molar-refractivity contribution in [2.24, 2.45) is 5.41 Å². The van der Waals surface area contributed by atoms with Gasteiger partial charge in [-0.15, -0.1) is 0 Å². The number of hydrogen-bond donors (Lipinski definition) is 2. The van der Waals surface area contributed by atoms with Gasteiger partial charge in [0.1, 0.15) is 6.04 Å². The van der Waals surface area contributed by atoms with E-state index in [1.165, 1.54) is 11.8 Å². The number of carboxylic acids is 1. The minimum atomic E-state index is -0.980. The van der Waals surface area contributed by atoms with Gasteiger partial charge < -0.3 is 10.4 Å². The SMILES string of the molecule is CSCC(NC(=O)CC(C)(C)C)C(=O)O. The summed E-state index contributed by atoms with van der Waals surface area (Å²) in [5, 5.41) is 11.3. The molecule has 0 aromatic carbocycles. The molecule has 0 bridgehead atoms. The van der Waals surface area contributed by atoms with Crippen molar-refractivity contribution in [1.82, 2.24) is 5.32 Å². The molecule has 0 spiro atoms. The molecule has 2 N–H and O–H groups in total. The van der Waals surface area contributed by atoms with E-state index in [0.29, 0.717) is 12.2 Å². The van der Waals surface area contributed by atoms with Crippen molar-refractivity contribution < 1.29 is 14.7 Å². The molecule has 1 amide bonds. The Kier molecular flexibility index (Phi) is 5.72. The van der Waals surface area contributed by atoms with Crippen LogP contribution >= 0.6 is 11.8 Å². The van der Waals surface area contributed by atoms with Crippen LogP contribution in [0.3, 0.4) is 0 Å². The molecule has 15 heavy (non-hydrogen) atoms. The summed E-state index contributed by atoms with van der Waals surface area (Å²) >= 11 is 1.40. The summed E-state index contributed by atoms with van der Waals surface area (Å²) in [5.74, 6) is -0.791. The van der Waals surface area contributed by atoms with Crippen LogP contribution in [0.25, 0.3) is 0 Å². The van der Waals surface area contributed by atoms with E-state index in [1.807, 2.05) is 27.0 Å². The number of amides is 1. The molecule has 0 fully saturated rings. The van der Waals surface area contributed by atoms with Gasteiger partial charge in [0, 0.05) is 12.2 Å². The van der Waals surface area contributed by atoms with Crippen molar-refractivity contribution in [3.63, 3.8) is 0 Å². The molecule has 0 rings (SSSR count). The summed E-state index contributed by atoms with van der Waals surface area (Å²) in [6, 6.07) is -0.783. The van der Waals surface area contributed by atoms with Crippen molar-refractivity contribution in [3.05, 3.63) is 0 Å². The summed E-state index contributed by atoms with van der Waals surface area (Å²) < 4.78 is 0. The summed E-state index contributed by atoms with van der Waals surface area (Å²) in [7, 11) is 0. The second-order valence-corrected chi connectivity index (χ2v) is 5.56. The largest absolute Gasteiger partial charge is 0.480 e. The summed E-state index contributed by atoms with van der Waals surface area (Å²) in [5.41, 5.74) is -0.119. The van der Waals surface area contributed by atoms with Gasteiger partial charge in [-0.3, -0.25) is 4.79 Å². The molecule has 88 valence electrons. The minimum Gasteiger partial charge on any atom is -0.480 e. The zero-order valence-electron chi connectivity index (χ0n) is 9.66. The number of hydrogen-bond acceptors (Lipinski definition) is 3. The molecule has 1 unspecified atom stereocenters. The molecule has 0 saturated carbocycles. The monoisotopic (exact) mass is 233 g/mol. The van der Waals surface area contributed by atoms with Crippen LogP contribution in [0.15, 0.2) is 0 Å². The summed E-state index contributed by atoms with van der Waals surface area (Å²) in [6.45, 7) is 5.82. The van der Waals surface area contributed by atoms with Crippen LogP contribution in [0, 0.1) is 5.41 Å². The molecule has 0 aliphatic rings. The predicted octanol–water partition coefficient (Wildman–Crippen LogP) is 1.35. The first kappa shape index (κ1) is 14.3. The van der Waals surface area contributed by atoms with Crippen LogP contribution in [0.2, 0.25) is 0 Å². The van der Waals surface area contributed by atoms with Gasteiger partial charge in [-0.2, -0.15) is 11.8 Å². The Hall–Kier alpha value is -0.710. The Bertz CT molecular complexity index is 235. The Balaban J connectivity index is 4.18. The van der Waals surface area contributed by atoms with E-state index < -0.39 is 12.0 Å². The van der Waals surface area contributed by atoms with Crippen LogP contribution < -0.4 is 5.32 Å². The van der Waals surface area contributed by atoms with Crippen molar-refractivity contribution in [2.75, 3.05) is 12.0 Å². The third-order valence-electron chi connectivity index (χ3n) is 1.66. The van der Waals surface area contributed by atoms with E-state index in [2.05, 4.69) is 5.32 Å². The minimum absolute atomic E-state index is 0.119. The third-order valence-corrected chi connectivity index (χ3v) is 2.32. The lowest BCUT2D eigenvalue weighted by Gasteiger charge is -2.19.